The van der Waals surface area contributed by atoms with E-state index in [1.54, 1.807) is 0 Å². The van der Waals surface area contributed by atoms with E-state index >= 15 is 0 Å². The molecular weight excluding hydrogens is 366 g/mol. The van der Waals surface area contributed by atoms with Crippen LogP contribution in [0.3, 0.4) is 0 Å². The molecule has 9 heteroatoms. The molecule has 1 rings (SSSR count). The van der Waals surface area contributed by atoms with Crippen LogP contribution in [0.2, 0.25) is 5.15 Å². The van der Waals surface area contributed by atoms with Gasteiger partial charge in [0.2, 0.25) is 0 Å². The molecular formula is C18H32ClN7O. The molecule has 1 aromatic heterocycles. The molecule has 1 heterocycles. The standard InChI is InChI=1S/C18H32ClN7O/c1-2-3-4-5-6-7-8-9-10-11-12-23-18(22)26-17(27)13-15(20)25-16(21)14(19)24-13/h2-12H2,1H3,(H4,20,21,25)(H3,22,23,26,27). The number of anilines is 2. The maximum atomic E-state index is 12.1. The number of aromatic nitrogens is 2. The van der Waals surface area contributed by atoms with Gasteiger partial charge in [-0.05, 0) is 6.42 Å². The molecule has 1 aromatic rings. The highest BCUT2D eigenvalue weighted by molar-refractivity contribution is 6.31. The number of halogens is 1. The first-order valence-electron chi connectivity index (χ1n) is 9.68. The topological polar surface area (TPSA) is 143 Å². The molecule has 0 saturated heterocycles. The molecule has 0 atom stereocenters. The van der Waals surface area contributed by atoms with Crippen LogP contribution in [-0.4, -0.2) is 28.4 Å². The summed E-state index contributed by atoms with van der Waals surface area (Å²) in [4.78, 5) is 19.6. The normalized spacial score (nSPS) is 10.6. The minimum atomic E-state index is -0.650. The fraction of sp³-hybridized carbons (Fsp3) is 0.667. The number of rotatable bonds is 12. The van der Waals surface area contributed by atoms with E-state index in [-0.39, 0.29) is 28.4 Å². The summed E-state index contributed by atoms with van der Waals surface area (Å²) >= 11 is 5.75. The van der Waals surface area contributed by atoms with Crippen molar-refractivity contribution in [2.45, 2.75) is 71.1 Å². The molecule has 0 unspecified atom stereocenters. The molecule has 0 spiro atoms. The zero-order chi connectivity index (χ0) is 20.1. The number of guanidine groups is 1. The number of carbonyl (C=O) groups is 1. The van der Waals surface area contributed by atoms with E-state index < -0.39 is 5.91 Å². The van der Waals surface area contributed by atoms with E-state index in [0.29, 0.717) is 6.54 Å². The molecule has 0 fully saturated rings. The summed E-state index contributed by atoms with van der Waals surface area (Å²) in [5.74, 6) is -0.927. The molecule has 0 aliphatic rings. The summed E-state index contributed by atoms with van der Waals surface area (Å²) in [6, 6.07) is 0. The summed E-state index contributed by atoms with van der Waals surface area (Å²) in [6.07, 6.45) is 12.5. The Balaban J connectivity index is 2.12. The maximum absolute atomic E-state index is 12.1. The third-order valence-electron chi connectivity index (χ3n) is 4.19. The molecule has 7 N–H and O–H groups in total. The maximum Gasteiger partial charge on any atom is 0.280 e. The minimum absolute atomic E-state index is 0.0418. The summed E-state index contributed by atoms with van der Waals surface area (Å²) in [5, 5.41) is 12.9. The summed E-state index contributed by atoms with van der Waals surface area (Å²) in [7, 11) is 0. The third kappa shape index (κ3) is 9.42. The Bertz CT molecular complexity index is 610. The molecule has 0 saturated carbocycles. The van der Waals surface area contributed by atoms with Crippen molar-refractivity contribution in [1.82, 2.24) is 20.6 Å². The monoisotopic (exact) mass is 397 g/mol. The largest absolute Gasteiger partial charge is 0.382 e. The molecule has 8 nitrogen and oxygen atoms in total. The average Bonchev–Trinajstić information content (AvgIpc) is 2.62. The number of hydrogen-bond acceptors (Lipinski definition) is 6. The lowest BCUT2D eigenvalue weighted by molar-refractivity contribution is 0.0971. The quantitative estimate of drug-likeness (QED) is 0.207. The zero-order valence-corrected chi connectivity index (χ0v) is 16.9. The van der Waals surface area contributed by atoms with Gasteiger partial charge in [-0.3, -0.25) is 15.5 Å². The van der Waals surface area contributed by atoms with Crippen molar-refractivity contribution in [3.63, 3.8) is 0 Å². The Morgan fingerprint density at radius 3 is 2.11 bits per heavy atom. The second-order valence-corrected chi connectivity index (χ2v) is 6.93. The van der Waals surface area contributed by atoms with Crippen LogP contribution in [-0.2, 0) is 0 Å². The van der Waals surface area contributed by atoms with E-state index in [0.717, 1.165) is 12.8 Å². The van der Waals surface area contributed by atoms with E-state index in [1.807, 2.05) is 0 Å². The number of hydrogen-bond donors (Lipinski definition) is 5. The molecule has 1 amide bonds. The summed E-state index contributed by atoms with van der Waals surface area (Å²) < 4.78 is 0. The lowest BCUT2D eigenvalue weighted by atomic mass is 10.1. The predicted octanol–water partition coefficient (Wildman–Crippen LogP) is 3.47. The van der Waals surface area contributed by atoms with Crippen LogP contribution in [0.1, 0.15) is 81.6 Å². The van der Waals surface area contributed by atoms with Crippen molar-refractivity contribution in [3.05, 3.63) is 10.8 Å². The van der Waals surface area contributed by atoms with Gasteiger partial charge in [0.15, 0.2) is 28.4 Å². The lowest BCUT2D eigenvalue weighted by Gasteiger charge is -2.10. The second-order valence-electron chi connectivity index (χ2n) is 6.57. The van der Waals surface area contributed by atoms with E-state index in [1.165, 1.54) is 51.4 Å². The SMILES string of the molecule is CCCCCCCCCCCCNC(=N)NC(=O)c1nc(Cl)c(N)nc1N. The van der Waals surface area contributed by atoms with Gasteiger partial charge < -0.3 is 16.8 Å². The van der Waals surface area contributed by atoms with E-state index in [4.69, 9.17) is 28.5 Å². The first kappa shape index (κ1) is 23.0. The van der Waals surface area contributed by atoms with Crippen LogP contribution in [0.5, 0.6) is 0 Å². The van der Waals surface area contributed by atoms with Gasteiger partial charge in [0.05, 0.1) is 0 Å². The lowest BCUT2D eigenvalue weighted by Crippen LogP contribution is -2.41. The number of amides is 1. The highest BCUT2D eigenvalue weighted by atomic mass is 35.5. The smallest absolute Gasteiger partial charge is 0.280 e. The number of unbranched alkanes of at least 4 members (excludes halogenated alkanes) is 9. The Morgan fingerprint density at radius 2 is 1.52 bits per heavy atom. The number of carbonyl (C=O) groups excluding carboxylic acids is 1. The fourth-order valence-corrected chi connectivity index (χ4v) is 2.78. The third-order valence-corrected chi connectivity index (χ3v) is 4.47. The van der Waals surface area contributed by atoms with Crippen LogP contribution >= 0.6 is 11.6 Å². The van der Waals surface area contributed by atoms with Crippen LogP contribution in [0.4, 0.5) is 11.6 Å². The Hall–Kier alpha value is -2.09. The van der Waals surface area contributed by atoms with Gasteiger partial charge in [-0.1, -0.05) is 76.3 Å². The van der Waals surface area contributed by atoms with E-state index in [2.05, 4.69) is 27.5 Å². The molecule has 27 heavy (non-hydrogen) atoms. The predicted molar refractivity (Wildman–Crippen MR) is 111 cm³/mol. The van der Waals surface area contributed by atoms with Crippen molar-refractivity contribution in [2.24, 2.45) is 0 Å². The first-order chi connectivity index (χ1) is 13.0. The molecule has 0 aromatic carbocycles. The molecule has 152 valence electrons. The average molecular weight is 398 g/mol. The van der Waals surface area contributed by atoms with E-state index in [9.17, 15) is 4.79 Å². The van der Waals surface area contributed by atoms with Gasteiger partial charge in [-0.25, -0.2) is 9.97 Å². The fourth-order valence-electron chi connectivity index (χ4n) is 2.65. The van der Waals surface area contributed by atoms with Crippen molar-refractivity contribution in [1.29, 1.82) is 5.41 Å². The van der Waals surface area contributed by atoms with Gasteiger partial charge in [0.1, 0.15) is 0 Å². The first-order valence-corrected chi connectivity index (χ1v) is 10.1. The highest BCUT2D eigenvalue weighted by Gasteiger charge is 2.16. The van der Waals surface area contributed by atoms with Crippen LogP contribution in [0.15, 0.2) is 0 Å². The van der Waals surface area contributed by atoms with Crippen molar-refractivity contribution in [2.75, 3.05) is 18.0 Å². The Kier molecular flexibility index (Phi) is 11.2. The van der Waals surface area contributed by atoms with Gasteiger partial charge in [-0.15, -0.1) is 0 Å². The zero-order valence-electron chi connectivity index (χ0n) is 16.1. The number of nitrogens with zero attached hydrogens (tertiary/aromatic N) is 2. The van der Waals surface area contributed by atoms with Crippen molar-refractivity contribution < 1.29 is 4.79 Å². The van der Waals surface area contributed by atoms with Crippen LogP contribution in [0.25, 0.3) is 0 Å². The molecule has 0 radical (unpaired) electrons. The van der Waals surface area contributed by atoms with Gasteiger partial charge in [-0.2, -0.15) is 0 Å². The molecule has 0 aliphatic carbocycles. The van der Waals surface area contributed by atoms with Crippen LogP contribution in [0, 0.1) is 5.41 Å². The number of nitrogens with two attached hydrogens (primary N) is 2. The number of nitrogen functional groups attached to an aromatic ring is 2. The Morgan fingerprint density at radius 1 is 0.963 bits per heavy atom. The van der Waals surface area contributed by atoms with Gasteiger partial charge in [0, 0.05) is 6.54 Å². The molecule has 0 bridgehead atoms. The minimum Gasteiger partial charge on any atom is -0.382 e. The summed E-state index contributed by atoms with van der Waals surface area (Å²) in [6.45, 7) is 2.86. The van der Waals surface area contributed by atoms with Gasteiger partial charge in [0.25, 0.3) is 5.91 Å². The van der Waals surface area contributed by atoms with Crippen molar-refractivity contribution in [3.8, 4) is 0 Å². The summed E-state index contributed by atoms with van der Waals surface area (Å²) in [5.41, 5.74) is 10.9. The number of nitrogens with one attached hydrogen (secondary N) is 3. The Labute approximate surface area is 166 Å². The molecule has 0 aliphatic heterocycles. The second kappa shape index (κ2) is 13.1. The van der Waals surface area contributed by atoms with Crippen molar-refractivity contribution >= 4 is 35.1 Å². The highest BCUT2D eigenvalue weighted by Crippen LogP contribution is 2.17. The van der Waals surface area contributed by atoms with Gasteiger partial charge >= 0.3 is 0 Å². The van der Waals surface area contributed by atoms with Crippen LogP contribution < -0.4 is 22.1 Å².